The van der Waals surface area contributed by atoms with Crippen molar-refractivity contribution < 1.29 is 5.11 Å². The molecule has 0 saturated heterocycles. The third kappa shape index (κ3) is 3.14. The summed E-state index contributed by atoms with van der Waals surface area (Å²) in [4.78, 5) is 6.89. The Labute approximate surface area is 120 Å². The molecule has 0 unspecified atom stereocenters. The van der Waals surface area contributed by atoms with Crippen LogP contribution in [0.5, 0.6) is 0 Å². The SMILES string of the molecule is CN(Cc1ccc(Cl)cc1)c1nc(Cl)c(CO)s1. The van der Waals surface area contributed by atoms with Gasteiger partial charge in [-0.15, -0.1) is 0 Å². The molecule has 1 heterocycles. The van der Waals surface area contributed by atoms with Crippen LogP contribution in [0.3, 0.4) is 0 Å². The molecular formula is C12H12Cl2N2OS. The van der Waals surface area contributed by atoms with Gasteiger partial charge in [-0.3, -0.25) is 0 Å². The van der Waals surface area contributed by atoms with Crippen LogP contribution in [0.15, 0.2) is 24.3 Å². The van der Waals surface area contributed by atoms with Gasteiger partial charge in [0.05, 0.1) is 11.5 Å². The van der Waals surface area contributed by atoms with Crippen LogP contribution in [0.4, 0.5) is 5.13 Å². The normalized spacial score (nSPS) is 10.7. The smallest absolute Gasteiger partial charge is 0.187 e. The van der Waals surface area contributed by atoms with Crippen LogP contribution in [-0.4, -0.2) is 17.1 Å². The summed E-state index contributed by atoms with van der Waals surface area (Å²) >= 11 is 13.1. The van der Waals surface area contributed by atoms with E-state index in [1.807, 2.05) is 36.2 Å². The zero-order valence-corrected chi connectivity index (χ0v) is 12.1. The van der Waals surface area contributed by atoms with Gasteiger partial charge in [-0.2, -0.15) is 0 Å². The molecule has 96 valence electrons. The number of benzene rings is 1. The number of halogens is 2. The maximum absolute atomic E-state index is 9.09. The summed E-state index contributed by atoms with van der Waals surface area (Å²) in [7, 11) is 1.94. The van der Waals surface area contributed by atoms with Gasteiger partial charge in [-0.1, -0.05) is 46.7 Å². The number of nitrogens with zero attached hydrogens (tertiary/aromatic N) is 2. The molecule has 6 heteroatoms. The van der Waals surface area contributed by atoms with Gasteiger partial charge in [0, 0.05) is 18.6 Å². The fraction of sp³-hybridized carbons (Fsp3) is 0.250. The summed E-state index contributed by atoms with van der Waals surface area (Å²) in [5.74, 6) is 0. The number of aliphatic hydroxyl groups is 1. The van der Waals surface area contributed by atoms with Crippen molar-refractivity contribution in [3.8, 4) is 0 Å². The lowest BCUT2D eigenvalue weighted by atomic mass is 10.2. The Bertz CT molecular complexity index is 527. The lowest BCUT2D eigenvalue weighted by Gasteiger charge is -2.15. The highest BCUT2D eigenvalue weighted by atomic mass is 35.5. The molecule has 0 fully saturated rings. The molecule has 0 spiro atoms. The van der Waals surface area contributed by atoms with E-state index in [0.717, 1.165) is 15.7 Å². The first-order valence-corrected chi connectivity index (χ1v) is 6.89. The summed E-state index contributed by atoms with van der Waals surface area (Å²) < 4.78 is 0. The maximum atomic E-state index is 9.09. The number of thiazole rings is 1. The summed E-state index contributed by atoms with van der Waals surface area (Å²) in [5.41, 5.74) is 1.14. The van der Waals surface area contributed by atoms with E-state index in [0.29, 0.717) is 16.6 Å². The van der Waals surface area contributed by atoms with Crippen molar-refractivity contribution in [3.63, 3.8) is 0 Å². The van der Waals surface area contributed by atoms with Gasteiger partial charge in [0.15, 0.2) is 5.13 Å². The molecule has 2 aromatic rings. The minimum absolute atomic E-state index is 0.0781. The van der Waals surface area contributed by atoms with Crippen LogP contribution in [0, 0.1) is 0 Å². The molecule has 1 N–H and O–H groups in total. The monoisotopic (exact) mass is 302 g/mol. The third-order valence-electron chi connectivity index (χ3n) is 2.44. The van der Waals surface area contributed by atoms with Crippen LogP contribution in [-0.2, 0) is 13.2 Å². The second-order valence-electron chi connectivity index (χ2n) is 3.85. The molecule has 0 atom stereocenters. The molecule has 3 nitrogen and oxygen atoms in total. The van der Waals surface area contributed by atoms with Crippen molar-refractivity contribution in [2.75, 3.05) is 11.9 Å². The van der Waals surface area contributed by atoms with Gasteiger partial charge in [0.1, 0.15) is 5.15 Å². The van der Waals surface area contributed by atoms with Crippen LogP contribution in [0.25, 0.3) is 0 Å². The van der Waals surface area contributed by atoms with Gasteiger partial charge in [0.2, 0.25) is 0 Å². The van der Waals surface area contributed by atoms with E-state index in [4.69, 9.17) is 28.3 Å². The lowest BCUT2D eigenvalue weighted by Crippen LogP contribution is -2.15. The van der Waals surface area contributed by atoms with E-state index in [9.17, 15) is 0 Å². The summed E-state index contributed by atoms with van der Waals surface area (Å²) in [6.45, 7) is 0.636. The number of rotatable bonds is 4. The Kier molecular flexibility index (Phi) is 4.45. The molecule has 0 amide bonds. The average Bonchev–Trinajstić information content (AvgIpc) is 2.73. The van der Waals surface area contributed by atoms with Gasteiger partial charge >= 0.3 is 0 Å². The quantitative estimate of drug-likeness (QED) is 0.938. The summed E-state index contributed by atoms with van der Waals surface area (Å²) in [6, 6.07) is 7.67. The molecule has 0 aliphatic carbocycles. The molecular weight excluding hydrogens is 291 g/mol. The zero-order valence-electron chi connectivity index (χ0n) is 9.73. The summed E-state index contributed by atoms with van der Waals surface area (Å²) in [6.07, 6.45) is 0. The van der Waals surface area contributed by atoms with Crippen LogP contribution < -0.4 is 4.90 Å². The highest BCUT2D eigenvalue weighted by Gasteiger charge is 2.12. The Morgan fingerprint density at radius 3 is 2.50 bits per heavy atom. The zero-order chi connectivity index (χ0) is 13.1. The molecule has 0 saturated carbocycles. The van der Waals surface area contributed by atoms with Gasteiger partial charge in [0.25, 0.3) is 0 Å². The van der Waals surface area contributed by atoms with Crippen molar-refractivity contribution in [1.29, 1.82) is 0 Å². The predicted octanol–water partition coefficient (Wildman–Crippen LogP) is 3.58. The van der Waals surface area contributed by atoms with Crippen molar-refractivity contribution in [3.05, 3.63) is 44.9 Å². The number of hydrogen-bond acceptors (Lipinski definition) is 4. The molecule has 1 aromatic carbocycles. The highest BCUT2D eigenvalue weighted by molar-refractivity contribution is 7.16. The Morgan fingerprint density at radius 1 is 1.28 bits per heavy atom. The minimum atomic E-state index is -0.0781. The lowest BCUT2D eigenvalue weighted by molar-refractivity contribution is 0.285. The van der Waals surface area contributed by atoms with Crippen LogP contribution >= 0.6 is 34.5 Å². The van der Waals surface area contributed by atoms with E-state index in [1.165, 1.54) is 11.3 Å². The van der Waals surface area contributed by atoms with Crippen LogP contribution in [0.2, 0.25) is 10.2 Å². The number of anilines is 1. The van der Waals surface area contributed by atoms with Crippen molar-refractivity contribution in [2.24, 2.45) is 0 Å². The van der Waals surface area contributed by atoms with E-state index in [1.54, 1.807) is 0 Å². The third-order valence-corrected chi connectivity index (χ3v) is 4.27. The number of aromatic nitrogens is 1. The Hall–Kier alpha value is -0.810. The fourth-order valence-electron chi connectivity index (χ4n) is 1.51. The summed E-state index contributed by atoms with van der Waals surface area (Å²) in [5, 5.41) is 11.0. The standard InChI is InChI=1S/C12H12Cl2N2OS/c1-16(6-8-2-4-9(13)5-3-8)12-15-11(14)10(7-17)18-12/h2-5,17H,6-7H2,1H3. The molecule has 0 aliphatic heterocycles. The van der Waals surface area contributed by atoms with Gasteiger partial charge in [-0.25, -0.2) is 4.98 Å². The van der Waals surface area contributed by atoms with E-state index >= 15 is 0 Å². The molecule has 0 bridgehead atoms. The van der Waals surface area contributed by atoms with E-state index in [2.05, 4.69) is 4.98 Å². The number of hydrogen-bond donors (Lipinski definition) is 1. The first kappa shape index (κ1) is 13.6. The predicted molar refractivity (Wildman–Crippen MR) is 76.6 cm³/mol. The first-order chi connectivity index (χ1) is 8.60. The maximum Gasteiger partial charge on any atom is 0.187 e. The van der Waals surface area contributed by atoms with Crippen molar-refractivity contribution in [2.45, 2.75) is 13.2 Å². The first-order valence-electron chi connectivity index (χ1n) is 5.32. The fourth-order valence-corrected chi connectivity index (χ4v) is 2.72. The van der Waals surface area contributed by atoms with E-state index < -0.39 is 0 Å². The Balaban J connectivity index is 2.11. The topological polar surface area (TPSA) is 36.4 Å². The van der Waals surface area contributed by atoms with Gasteiger partial charge < -0.3 is 10.0 Å². The number of aliphatic hydroxyl groups excluding tert-OH is 1. The largest absolute Gasteiger partial charge is 0.391 e. The van der Waals surface area contributed by atoms with Crippen LogP contribution in [0.1, 0.15) is 10.4 Å². The molecule has 2 rings (SSSR count). The second kappa shape index (κ2) is 5.89. The Morgan fingerprint density at radius 2 is 1.94 bits per heavy atom. The van der Waals surface area contributed by atoms with E-state index in [-0.39, 0.29) is 6.61 Å². The highest BCUT2D eigenvalue weighted by Crippen LogP contribution is 2.29. The minimum Gasteiger partial charge on any atom is -0.391 e. The van der Waals surface area contributed by atoms with Gasteiger partial charge in [-0.05, 0) is 17.7 Å². The molecule has 0 aliphatic rings. The second-order valence-corrected chi connectivity index (χ2v) is 5.71. The molecule has 0 radical (unpaired) electrons. The van der Waals surface area contributed by atoms with Crippen molar-refractivity contribution in [1.82, 2.24) is 4.98 Å². The average molecular weight is 303 g/mol. The molecule has 18 heavy (non-hydrogen) atoms. The molecule has 1 aromatic heterocycles. The van der Waals surface area contributed by atoms with Crippen molar-refractivity contribution >= 4 is 39.7 Å².